The standard InChI is InChI=1S/C19H22F3N3OS/c20-19(21,22)17-10-15(12-6-7-12)25(24-17)9-3-8-23-18(26)14-11-27-16-5-2-1-4-13(14)16/h10-12H,1-9H2,(H,23,26). The van der Waals surface area contributed by atoms with Gasteiger partial charge in [0, 0.05) is 35.0 Å². The molecule has 4 rings (SSSR count). The molecule has 146 valence electrons. The summed E-state index contributed by atoms with van der Waals surface area (Å²) >= 11 is 1.65. The quantitative estimate of drug-likeness (QED) is 0.728. The fraction of sp³-hybridized carbons (Fsp3) is 0.579. The van der Waals surface area contributed by atoms with Gasteiger partial charge < -0.3 is 5.32 Å². The van der Waals surface area contributed by atoms with E-state index in [9.17, 15) is 18.0 Å². The van der Waals surface area contributed by atoms with Gasteiger partial charge in [0.2, 0.25) is 0 Å². The summed E-state index contributed by atoms with van der Waals surface area (Å²) in [5.74, 6) is 0.119. The third-order valence-corrected chi connectivity index (χ3v) is 6.32. The van der Waals surface area contributed by atoms with Crippen LogP contribution in [0.5, 0.6) is 0 Å². The van der Waals surface area contributed by atoms with Crippen molar-refractivity contribution < 1.29 is 18.0 Å². The van der Waals surface area contributed by atoms with Gasteiger partial charge in [0.25, 0.3) is 5.91 Å². The van der Waals surface area contributed by atoms with E-state index >= 15 is 0 Å². The summed E-state index contributed by atoms with van der Waals surface area (Å²) in [5, 5.41) is 8.59. The molecule has 8 heteroatoms. The van der Waals surface area contributed by atoms with E-state index in [1.54, 1.807) is 11.3 Å². The van der Waals surface area contributed by atoms with E-state index in [0.29, 0.717) is 25.2 Å². The zero-order valence-electron chi connectivity index (χ0n) is 14.9. The monoisotopic (exact) mass is 397 g/mol. The maximum atomic E-state index is 12.9. The van der Waals surface area contributed by atoms with Crippen LogP contribution in [0.2, 0.25) is 0 Å². The maximum absolute atomic E-state index is 12.9. The predicted octanol–water partition coefficient (Wildman–Crippen LogP) is 4.54. The van der Waals surface area contributed by atoms with Crippen LogP contribution in [0.1, 0.15) is 70.2 Å². The van der Waals surface area contributed by atoms with E-state index in [2.05, 4.69) is 10.4 Å². The Morgan fingerprint density at radius 3 is 2.81 bits per heavy atom. The second kappa shape index (κ2) is 7.30. The lowest BCUT2D eigenvalue weighted by Crippen LogP contribution is -2.26. The molecule has 1 fully saturated rings. The highest BCUT2D eigenvalue weighted by molar-refractivity contribution is 7.10. The number of halogens is 3. The second-order valence-corrected chi connectivity index (χ2v) is 8.28. The Hall–Kier alpha value is -1.83. The number of carbonyl (C=O) groups excluding carboxylic acids is 1. The smallest absolute Gasteiger partial charge is 0.352 e. The first-order valence-corrected chi connectivity index (χ1v) is 10.3. The first kappa shape index (κ1) is 18.5. The number of hydrogen-bond acceptors (Lipinski definition) is 3. The zero-order chi connectivity index (χ0) is 19.0. The Morgan fingerprint density at radius 1 is 1.30 bits per heavy atom. The van der Waals surface area contributed by atoms with Gasteiger partial charge in [0.15, 0.2) is 5.69 Å². The summed E-state index contributed by atoms with van der Waals surface area (Å²) in [5.41, 5.74) is 1.80. The number of nitrogens with zero attached hydrogens (tertiary/aromatic N) is 2. The number of fused-ring (bicyclic) bond motifs is 1. The van der Waals surface area contributed by atoms with Crippen molar-refractivity contribution in [1.82, 2.24) is 15.1 Å². The van der Waals surface area contributed by atoms with Gasteiger partial charge in [-0.3, -0.25) is 9.48 Å². The molecule has 2 aliphatic rings. The van der Waals surface area contributed by atoms with Crippen molar-refractivity contribution in [2.45, 2.75) is 63.6 Å². The molecule has 1 N–H and O–H groups in total. The van der Waals surface area contributed by atoms with E-state index in [-0.39, 0.29) is 11.8 Å². The van der Waals surface area contributed by atoms with Crippen molar-refractivity contribution in [2.75, 3.05) is 6.54 Å². The van der Waals surface area contributed by atoms with Crippen LogP contribution in [0.3, 0.4) is 0 Å². The van der Waals surface area contributed by atoms with Gasteiger partial charge in [-0.05, 0) is 56.6 Å². The fourth-order valence-corrected chi connectivity index (χ4v) is 4.79. The van der Waals surface area contributed by atoms with E-state index in [4.69, 9.17) is 0 Å². The van der Waals surface area contributed by atoms with Crippen LogP contribution in [0.25, 0.3) is 0 Å². The van der Waals surface area contributed by atoms with Gasteiger partial charge in [-0.2, -0.15) is 18.3 Å². The predicted molar refractivity (Wildman–Crippen MR) is 97.1 cm³/mol. The fourth-order valence-electron chi connectivity index (χ4n) is 3.67. The number of aryl methyl sites for hydroxylation is 2. The van der Waals surface area contributed by atoms with Crippen LogP contribution in [0, 0.1) is 0 Å². The molecular weight excluding hydrogens is 375 g/mol. The Morgan fingerprint density at radius 2 is 2.07 bits per heavy atom. The molecule has 2 aromatic rings. The summed E-state index contributed by atoms with van der Waals surface area (Å²) in [6.45, 7) is 0.804. The average Bonchev–Trinajstić information content (AvgIpc) is 3.23. The second-order valence-electron chi connectivity index (χ2n) is 7.32. The molecule has 0 aliphatic heterocycles. The van der Waals surface area contributed by atoms with Crippen molar-refractivity contribution in [3.8, 4) is 0 Å². The summed E-state index contributed by atoms with van der Waals surface area (Å²) < 4.78 is 40.2. The van der Waals surface area contributed by atoms with Crippen LogP contribution in [-0.2, 0) is 25.6 Å². The molecular formula is C19H22F3N3OS. The average molecular weight is 397 g/mol. The van der Waals surface area contributed by atoms with E-state index in [1.165, 1.54) is 27.6 Å². The number of rotatable bonds is 6. The van der Waals surface area contributed by atoms with Gasteiger partial charge in [-0.15, -0.1) is 11.3 Å². The normalized spacial score (nSPS) is 17.0. The summed E-state index contributed by atoms with van der Waals surface area (Å²) in [6, 6.07) is 1.17. The molecule has 0 bridgehead atoms. The van der Waals surface area contributed by atoms with Gasteiger partial charge in [0.1, 0.15) is 0 Å². The largest absolute Gasteiger partial charge is 0.435 e. The van der Waals surface area contributed by atoms with Crippen molar-refractivity contribution in [2.24, 2.45) is 0 Å². The molecule has 2 heterocycles. The molecule has 2 aromatic heterocycles. The molecule has 4 nitrogen and oxygen atoms in total. The minimum absolute atomic E-state index is 0.0757. The van der Waals surface area contributed by atoms with E-state index < -0.39 is 11.9 Å². The van der Waals surface area contributed by atoms with Gasteiger partial charge >= 0.3 is 6.18 Å². The lowest BCUT2D eigenvalue weighted by molar-refractivity contribution is -0.141. The van der Waals surface area contributed by atoms with Crippen LogP contribution in [0.15, 0.2) is 11.4 Å². The van der Waals surface area contributed by atoms with Crippen LogP contribution < -0.4 is 5.32 Å². The topological polar surface area (TPSA) is 46.9 Å². The lowest BCUT2D eigenvalue weighted by Gasteiger charge is -2.13. The molecule has 0 atom stereocenters. The Kier molecular flexibility index (Phi) is 5.01. The Bertz CT molecular complexity index is 836. The molecule has 0 radical (unpaired) electrons. The summed E-state index contributed by atoms with van der Waals surface area (Å²) in [6.07, 6.45) is 2.29. The lowest BCUT2D eigenvalue weighted by atomic mass is 9.96. The number of nitrogens with one attached hydrogen (secondary N) is 1. The van der Waals surface area contributed by atoms with Crippen LogP contribution in [-0.4, -0.2) is 22.2 Å². The summed E-state index contributed by atoms with van der Waals surface area (Å²) in [4.78, 5) is 13.8. The van der Waals surface area contributed by atoms with Gasteiger partial charge in [-0.1, -0.05) is 0 Å². The number of amides is 1. The molecule has 0 aromatic carbocycles. The first-order valence-electron chi connectivity index (χ1n) is 9.46. The third kappa shape index (κ3) is 4.05. The number of aromatic nitrogens is 2. The van der Waals surface area contributed by atoms with Crippen molar-refractivity contribution >= 4 is 17.2 Å². The number of hydrogen-bond donors (Lipinski definition) is 1. The molecule has 1 amide bonds. The minimum atomic E-state index is -4.42. The van der Waals surface area contributed by atoms with Crippen LogP contribution >= 0.6 is 11.3 Å². The van der Waals surface area contributed by atoms with E-state index in [0.717, 1.165) is 37.7 Å². The molecule has 2 aliphatic carbocycles. The van der Waals surface area contributed by atoms with Gasteiger partial charge in [-0.25, -0.2) is 0 Å². The Labute approximate surface area is 159 Å². The van der Waals surface area contributed by atoms with Crippen molar-refractivity contribution in [3.05, 3.63) is 38.8 Å². The van der Waals surface area contributed by atoms with E-state index in [1.807, 2.05) is 5.38 Å². The summed E-state index contributed by atoms with van der Waals surface area (Å²) in [7, 11) is 0. The number of alkyl halides is 3. The highest BCUT2D eigenvalue weighted by Gasteiger charge is 2.37. The van der Waals surface area contributed by atoms with Crippen LogP contribution in [0.4, 0.5) is 13.2 Å². The van der Waals surface area contributed by atoms with Crippen molar-refractivity contribution in [3.63, 3.8) is 0 Å². The van der Waals surface area contributed by atoms with Crippen molar-refractivity contribution in [1.29, 1.82) is 0 Å². The highest BCUT2D eigenvalue weighted by Crippen LogP contribution is 2.42. The van der Waals surface area contributed by atoms with Gasteiger partial charge in [0.05, 0.1) is 5.56 Å². The zero-order valence-corrected chi connectivity index (χ0v) is 15.8. The molecule has 0 saturated heterocycles. The Balaban J connectivity index is 1.33. The molecule has 0 spiro atoms. The first-order chi connectivity index (χ1) is 12.9. The molecule has 27 heavy (non-hydrogen) atoms. The number of carbonyl (C=O) groups is 1. The maximum Gasteiger partial charge on any atom is 0.435 e. The number of thiophene rings is 1. The minimum Gasteiger partial charge on any atom is -0.352 e. The highest BCUT2D eigenvalue weighted by atomic mass is 32.1. The third-order valence-electron chi connectivity index (χ3n) is 5.24. The SMILES string of the molecule is O=C(NCCCn1nc(C(F)(F)F)cc1C1CC1)c1csc2c1CCCC2. The molecule has 1 saturated carbocycles. The molecule has 0 unspecified atom stereocenters.